The van der Waals surface area contributed by atoms with Crippen LogP contribution in [0.15, 0.2) is 0 Å². The Labute approximate surface area is 102 Å². The Balaban J connectivity index is 2.23. The maximum absolute atomic E-state index is 5.98. The Hall–Kier alpha value is -0.770. The largest absolute Gasteiger partial charge is 0.383 e. The van der Waals surface area contributed by atoms with E-state index in [0.717, 1.165) is 18.9 Å². The van der Waals surface area contributed by atoms with Crippen molar-refractivity contribution in [1.82, 2.24) is 4.37 Å². The van der Waals surface area contributed by atoms with Gasteiger partial charge in [0.15, 0.2) is 0 Å². The molecule has 0 atom stereocenters. The van der Waals surface area contributed by atoms with Crippen molar-refractivity contribution in [2.45, 2.75) is 39.5 Å². The van der Waals surface area contributed by atoms with Gasteiger partial charge in [0.05, 0.1) is 0 Å². The van der Waals surface area contributed by atoms with E-state index in [2.05, 4.69) is 30.0 Å². The number of nitrogen functional groups attached to an aromatic ring is 1. The monoisotopic (exact) mass is 239 g/mol. The fourth-order valence-corrected chi connectivity index (χ4v) is 3.05. The normalized spacial score (nSPS) is 15.8. The number of rotatable bonds is 5. The first-order chi connectivity index (χ1) is 7.63. The molecular formula is C12H21N3S. The molecule has 0 unspecified atom stereocenters. The quantitative estimate of drug-likeness (QED) is 0.858. The summed E-state index contributed by atoms with van der Waals surface area (Å²) < 4.78 is 4.33. The molecule has 0 aromatic carbocycles. The second-order valence-electron chi connectivity index (χ2n) is 4.99. The molecule has 2 rings (SSSR count). The molecule has 1 heterocycles. The second-order valence-corrected chi connectivity index (χ2v) is 5.75. The molecule has 0 bridgehead atoms. The van der Waals surface area contributed by atoms with Crippen molar-refractivity contribution in [3.63, 3.8) is 0 Å². The van der Waals surface area contributed by atoms with E-state index in [9.17, 15) is 0 Å². The average Bonchev–Trinajstić information content (AvgIpc) is 2.99. The molecule has 1 fully saturated rings. The number of aromatic nitrogens is 1. The average molecular weight is 239 g/mol. The van der Waals surface area contributed by atoms with Gasteiger partial charge >= 0.3 is 0 Å². The van der Waals surface area contributed by atoms with Gasteiger partial charge in [-0.25, -0.2) is 0 Å². The van der Waals surface area contributed by atoms with Crippen LogP contribution in [-0.2, 0) is 0 Å². The van der Waals surface area contributed by atoms with E-state index < -0.39 is 0 Å². The Morgan fingerprint density at radius 2 is 2.19 bits per heavy atom. The molecule has 3 nitrogen and oxygen atoms in total. The number of nitrogens with zero attached hydrogens (tertiary/aromatic N) is 2. The van der Waals surface area contributed by atoms with Crippen LogP contribution in [0.2, 0.25) is 0 Å². The van der Waals surface area contributed by atoms with E-state index in [0.29, 0.717) is 11.8 Å². The van der Waals surface area contributed by atoms with Gasteiger partial charge in [0.25, 0.3) is 0 Å². The van der Waals surface area contributed by atoms with Gasteiger partial charge in [-0.15, -0.1) is 0 Å². The maximum Gasteiger partial charge on any atom is 0.142 e. The van der Waals surface area contributed by atoms with Crippen LogP contribution in [0.1, 0.15) is 45.1 Å². The lowest BCUT2D eigenvalue weighted by atomic mass is 10.1. The summed E-state index contributed by atoms with van der Waals surface area (Å²) in [7, 11) is 0. The maximum atomic E-state index is 5.98. The fraction of sp³-hybridized carbons (Fsp3) is 0.750. The van der Waals surface area contributed by atoms with Gasteiger partial charge < -0.3 is 10.6 Å². The number of hydrogen-bond donors (Lipinski definition) is 1. The molecular weight excluding hydrogens is 218 g/mol. The standard InChI is InChI=1S/C12H21N3S/c1-4-15(7-8(2)3)12-10(9-5-6-9)11(13)14-16-12/h8-9H,4-7H2,1-3H3,(H2,13,14). The van der Waals surface area contributed by atoms with Crippen molar-refractivity contribution in [2.75, 3.05) is 23.7 Å². The summed E-state index contributed by atoms with van der Waals surface area (Å²) in [6, 6.07) is 0. The number of hydrogen-bond acceptors (Lipinski definition) is 4. The van der Waals surface area contributed by atoms with Crippen LogP contribution >= 0.6 is 11.5 Å². The van der Waals surface area contributed by atoms with Crippen molar-refractivity contribution in [1.29, 1.82) is 0 Å². The van der Waals surface area contributed by atoms with Crippen LogP contribution in [0.3, 0.4) is 0 Å². The zero-order valence-corrected chi connectivity index (χ0v) is 11.2. The van der Waals surface area contributed by atoms with Crippen molar-refractivity contribution in [3.05, 3.63) is 5.56 Å². The smallest absolute Gasteiger partial charge is 0.142 e. The third kappa shape index (κ3) is 2.32. The topological polar surface area (TPSA) is 42.2 Å². The molecule has 0 amide bonds. The summed E-state index contributed by atoms with van der Waals surface area (Å²) in [6.07, 6.45) is 2.57. The van der Waals surface area contributed by atoms with Gasteiger partial charge in [-0.3, -0.25) is 0 Å². The first-order valence-corrected chi connectivity index (χ1v) is 6.90. The van der Waals surface area contributed by atoms with Crippen LogP contribution in [0.25, 0.3) is 0 Å². The van der Waals surface area contributed by atoms with Crippen LogP contribution in [0.4, 0.5) is 10.8 Å². The minimum absolute atomic E-state index is 0.676. The Morgan fingerprint density at radius 3 is 2.69 bits per heavy atom. The Bertz CT molecular complexity index is 355. The zero-order chi connectivity index (χ0) is 11.7. The second kappa shape index (κ2) is 4.62. The van der Waals surface area contributed by atoms with Gasteiger partial charge in [0, 0.05) is 18.7 Å². The van der Waals surface area contributed by atoms with Gasteiger partial charge in [-0.2, -0.15) is 4.37 Å². The van der Waals surface area contributed by atoms with E-state index >= 15 is 0 Å². The molecule has 1 aliphatic carbocycles. The highest BCUT2D eigenvalue weighted by molar-refractivity contribution is 7.10. The number of anilines is 2. The van der Waals surface area contributed by atoms with E-state index in [1.54, 1.807) is 11.5 Å². The van der Waals surface area contributed by atoms with Crippen molar-refractivity contribution in [3.8, 4) is 0 Å². The SMILES string of the molecule is CCN(CC(C)C)c1snc(N)c1C1CC1. The van der Waals surface area contributed by atoms with E-state index in [1.807, 2.05) is 0 Å². The lowest BCUT2D eigenvalue weighted by Crippen LogP contribution is -2.27. The molecule has 1 saturated carbocycles. The third-order valence-corrected chi connectivity index (χ3v) is 3.92. The molecule has 0 saturated heterocycles. The molecule has 0 spiro atoms. The summed E-state index contributed by atoms with van der Waals surface area (Å²) in [5, 5.41) is 1.32. The lowest BCUT2D eigenvalue weighted by Gasteiger charge is -2.24. The van der Waals surface area contributed by atoms with Gasteiger partial charge in [-0.05, 0) is 43.1 Å². The first-order valence-electron chi connectivity index (χ1n) is 6.13. The van der Waals surface area contributed by atoms with Crippen LogP contribution in [-0.4, -0.2) is 17.5 Å². The molecule has 16 heavy (non-hydrogen) atoms. The summed E-state index contributed by atoms with van der Waals surface area (Å²) in [4.78, 5) is 2.42. The highest BCUT2D eigenvalue weighted by Crippen LogP contribution is 2.48. The molecule has 0 radical (unpaired) electrons. The van der Waals surface area contributed by atoms with Gasteiger partial charge in [0.2, 0.25) is 0 Å². The highest BCUT2D eigenvalue weighted by atomic mass is 32.1. The molecule has 90 valence electrons. The van der Waals surface area contributed by atoms with Crippen LogP contribution in [0.5, 0.6) is 0 Å². The van der Waals surface area contributed by atoms with Crippen molar-refractivity contribution in [2.24, 2.45) is 5.92 Å². The molecule has 0 aliphatic heterocycles. The molecule has 1 aromatic heterocycles. The van der Waals surface area contributed by atoms with E-state index in [-0.39, 0.29) is 0 Å². The summed E-state index contributed by atoms with van der Waals surface area (Å²) in [6.45, 7) is 8.85. The summed E-state index contributed by atoms with van der Waals surface area (Å²) >= 11 is 1.57. The van der Waals surface area contributed by atoms with Crippen LogP contribution < -0.4 is 10.6 Å². The summed E-state index contributed by atoms with van der Waals surface area (Å²) in [5.41, 5.74) is 7.30. The molecule has 4 heteroatoms. The minimum atomic E-state index is 0.676. The Kier molecular flexibility index (Phi) is 3.38. The summed E-state index contributed by atoms with van der Waals surface area (Å²) in [5.74, 6) is 2.13. The van der Waals surface area contributed by atoms with Crippen molar-refractivity contribution >= 4 is 22.4 Å². The predicted octanol–water partition coefficient (Wildman–Crippen LogP) is 3.09. The van der Waals surface area contributed by atoms with Gasteiger partial charge in [-0.1, -0.05) is 13.8 Å². The zero-order valence-electron chi connectivity index (χ0n) is 10.4. The molecule has 2 N–H and O–H groups in total. The fourth-order valence-electron chi connectivity index (χ4n) is 2.08. The third-order valence-electron chi connectivity index (χ3n) is 2.98. The van der Waals surface area contributed by atoms with E-state index in [1.165, 1.54) is 23.4 Å². The van der Waals surface area contributed by atoms with Crippen molar-refractivity contribution < 1.29 is 0 Å². The lowest BCUT2D eigenvalue weighted by molar-refractivity contribution is 0.620. The highest BCUT2D eigenvalue weighted by Gasteiger charge is 2.32. The van der Waals surface area contributed by atoms with Crippen LogP contribution in [0, 0.1) is 5.92 Å². The predicted molar refractivity (Wildman–Crippen MR) is 71.2 cm³/mol. The number of nitrogens with two attached hydrogens (primary N) is 1. The van der Waals surface area contributed by atoms with Gasteiger partial charge in [0.1, 0.15) is 10.8 Å². The molecule has 1 aromatic rings. The van der Waals surface area contributed by atoms with E-state index in [4.69, 9.17) is 5.73 Å². The first kappa shape index (κ1) is 11.7. The minimum Gasteiger partial charge on any atom is -0.383 e. The molecule has 1 aliphatic rings. The Morgan fingerprint density at radius 1 is 1.50 bits per heavy atom.